The molecule has 0 radical (unpaired) electrons. The van der Waals surface area contributed by atoms with Gasteiger partial charge in [-0.25, -0.2) is 17.9 Å². The zero-order valence-corrected chi connectivity index (χ0v) is 12.8. The summed E-state index contributed by atoms with van der Waals surface area (Å²) in [5, 5.41) is 5.39. The summed E-state index contributed by atoms with van der Waals surface area (Å²) in [5.74, 6) is -0.129. The standard InChI is InChI=1S/C16H18FNO2S/c1-11(2)9-13-6-4-8-15(16(13)21(18,19)20)12-5-3-7-14(17)10-12/h3-8,10-11H,9H2,1-2H3,(H2,18,19,20). The normalized spacial score (nSPS) is 11.9. The first-order valence-electron chi connectivity index (χ1n) is 6.69. The summed E-state index contributed by atoms with van der Waals surface area (Å²) in [5.41, 5.74) is 1.61. The van der Waals surface area contributed by atoms with Crippen LogP contribution in [0.1, 0.15) is 19.4 Å². The van der Waals surface area contributed by atoms with Gasteiger partial charge in [0.1, 0.15) is 5.82 Å². The van der Waals surface area contributed by atoms with Crippen LogP contribution in [0, 0.1) is 11.7 Å². The van der Waals surface area contributed by atoms with Gasteiger partial charge in [0.05, 0.1) is 4.90 Å². The molecule has 0 heterocycles. The van der Waals surface area contributed by atoms with E-state index in [1.807, 2.05) is 13.8 Å². The maximum atomic E-state index is 13.4. The van der Waals surface area contributed by atoms with Crippen molar-refractivity contribution in [2.75, 3.05) is 0 Å². The minimum Gasteiger partial charge on any atom is -0.225 e. The van der Waals surface area contributed by atoms with Crippen LogP contribution in [0.4, 0.5) is 4.39 Å². The van der Waals surface area contributed by atoms with Gasteiger partial charge in [0.2, 0.25) is 10.0 Å². The predicted molar refractivity (Wildman–Crippen MR) is 81.8 cm³/mol. The highest BCUT2D eigenvalue weighted by Gasteiger charge is 2.20. The van der Waals surface area contributed by atoms with Crippen molar-refractivity contribution < 1.29 is 12.8 Å². The van der Waals surface area contributed by atoms with Crippen LogP contribution in [0.3, 0.4) is 0 Å². The summed E-state index contributed by atoms with van der Waals surface area (Å²) < 4.78 is 37.4. The highest BCUT2D eigenvalue weighted by atomic mass is 32.2. The van der Waals surface area contributed by atoms with E-state index in [1.54, 1.807) is 30.3 Å². The number of rotatable bonds is 4. The molecule has 0 saturated heterocycles. The zero-order chi connectivity index (χ0) is 15.6. The predicted octanol–water partition coefficient (Wildman–Crippen LogP) is 3.34. The molecule has 2 rings (SSSR count). The fourth-order valence-electron chi connectivity index (χ4n) is 2.40. The van der Waals surface area contributed by atoms with Gasteiger partial charge in [0.25, 0.3) is 0 Å². The van der Waals surface area contributed by atoms with Gasteiger partial charge in [-0.15, -0.1) is 0 Å². The molecule has 0 spiro atoms. The van der Waals surface area contributed by atoms with Crippen LogP contribution in [-0.2, 0) is 16.4 Å². The van der Waals surface area contributed by atoms with E-state index in [1.165, 1.54) is 12.1 Å². The van der Waals surface area contributed by atoms with E-state index < -0.39 is 15.8 Å². The number of halogens is 1. The van der Waals surface area contributed by atoms with Gasteiger partial charge >= 0.3 is 0 Å². The topological polar surface area (TPSA) is 60.2 Å². The SMILES string of the molecule is CC(C)Cc1cccc(-c2cccc(F)c2)c1S(N)(=O)=O. The Labute approximate surface area is 124 Å². The Kier molecular flexibility index (Phi) is 4.44. The minimum absolute atomic E-state index is 0.0873. The van der Waals surface area contributed by atoms with Crippen molar-refractivity contribution in [3.8, 4) is 11.1 Å². The molecule has 3 nitrogen and oxygen atoms in total. The lowest BCUT2D eigenvalue weighted by Gasteiger charge is -2.15. The van der Waals surface area contributed by atoms with E-state index in [9.17, 15) is 12.8 Å². The summed E-state index contributed by atoms with van der Waals surface area (Å²) in [6.07, 6.45) is 0.592. The van der Waals surface area contributed by atoms with Crippen molar-refractivity contribution in [3.63, 3.8) is 0 Å². The lowest BCUT2D eigenvalue weighted by Crippen LogP contribution is -2.16. The van der Waals surface area contributed by atoms with E-state index in [4.69, 9.17) is 5.14 Å². The first-order valence-corrected chi connectivity index (χ1v) is 8.24. The lowest BCUT2D eigenvalue weighted by atomic mass is 9.97. The Morgan fingerprint density at radius 1 is 1.14 bits per heavy atom. The molecule has 0 fully saturated rings. The Morgan fingerprint density at radius 3 is 2.38 bits per heavy atom. The Bertz CT molecular complexity index is 755. The number of primary sulfonamides is 1. The Balaban J connectivity index is 2.72. The largest absolute Gasteiger partial charge is 0.238 e. The molecule has 0 amide bonds. The van der Waals surface area contributed by atoms with E-state index in [2.05, 4.69) is 0 Å². The third-order valence-electron chi connectivity index (χ3n) is 3.14. The number of hydrogen-bond acceptors (Lipinski definition) is 2. The average molecular weight is 307 g/mol. The Morgan fingerprint density at radius 2 is 1.81 bits per heavy atom. The quantitative estimate of drug-likeness (QED) is 0.941. The summed E-state index contributed by atoms with van der Waals surface area (Å²) >= 11 is 0. The van der Waals surface area contributed by atoms with E-state index in [0.717, 1.165) is 0 Å². The number of nitrogens with two attached hydrogens (primary N) is 1. The van der Waals surface area contributed by atoms with Crippen molar-refractivity contribution in [2.24, 2.45) is 11.1 Å². The molecular weight excluding hydrogens is 289 g/mol. The van der Waals surface area contributed by atoms with Gasteiger partial charge in [-0.1, -0.05) is 44.2 Å². The molecule has 0 unspecified atom stereocenters. The van der Waals surface area contributed by atoms with Crippen LogP contribution in [-0.4, -0.2) is 8.42 Å². The Hall–Kier alpha value is -1.72. The molecular formula is C16H18FNO2S. The number of hydrogen-bond donors (Lipinski definition) is 1. The van der Waals surface area contributed by atoms with E-state index >= 15 is 0 Å². The first kappa shape index (κ1) is 15.7. The molecule has 5 heteroatoms. The second-order valence-electron chi connectivity index (χ2n) is 5.45. The summed E-state index contributed by atoms with van der Waals surface area (Å²) in [6, 6.07) is 11.0. The van der Waals surface area contributed by atoms with Gasteiger partial charge in [-0.05, 0) is 35.6 Å². The minimum atomic E-state index is -3.89. The van der Waals surface area contributed by atoms with Crippen molar-refractivity contribution in [2.45, 2.75) is 25.2 Å². The molecule has 0 aliphatic heterocycles. The van der Waals surface area contributed by atoms with Gasteiger partial charge in [-0.2, -0.15) is 0 Å². The second kappa shape index (κ2) is 5.95. The molecule has 0 aromatic heterocycles. The zero-order valence-electron chi connectivity index (χ0n) is 12.0. The molecule has 0 saturated carbocycles. The average Bonchev–Trinajstić information content (AvgIpc) is 2.36. The molecule has 21 heavy (non-hydrogen) atoms. The van der Waals surface area contributed by atoms with Gasteiger partial charge < -0.3 is 0 Å². The summed E-state index contributed by atoms with van der Waals surface area (Å²) in [6.45, 7) is 4.00. The highest BCUT2D eigenvalue weighted by Crippen LogP contribution is 2.31. The monoisotopic (exact) mass is 307 g/mol. The molecule has 112 valence electrons. The van der Waals surface area contributed by atoms with Gasteiger partial charge in [0.15, 0.2) is 0 Å². The second-order valence-corrected chi connectivity index (χ2v) is 6.95. The van der Waals surface area contributed by atoms with Crippen molar-refractivity contribution in [1.29, 1.82) is 0 Å². The van der Waals surface area contributed by atoms with E-state index in [-0.39, 0.29) is 10.8 Å². The van der Waals surface area contributed by atoms with Crippen LogP contribution in [0.15, 0.2) is 47.4 Å². The third-order valence-corrected chi connectivity index (χ3v) is 4.20. The molecule has 0 aliphatic carbocycles. The van der Waals surface area contributed by atoms with Crippen LogP contribution in [0.2, 0.25) is 0 Å². The van der Waals surface area contributed by atoms with Crippen LogP contribution in [0.25, 0.3) is 11.1 Å². The first-order chi connectivity index (χ1) is 9.79. The lowest BCUT2D eigenvalue weighted by molar-refractivity contribution is 0.592. The molecule has 0 bridgehead atoms. The summed E-state index contributed by atoms with van der Waals surface area (Å²) in [7, 11) is -3.89. The van der Waals surface area contributed by atoms with Crippen molar-refractivity contribution in [1.82, 2.24) is 0 Å². The maximum Gasteiger partial charge on any atom is 0.238 e. The van der Waals surface area contributed by atoms with Gasteiger partial charge in [0, 0.05) is 5.56 Å². The number of sulfonamides is 1. The van der Waals surface area contributed by atoms with Crippen LogP contribution >= 0.6 is 0 Å². The molecule has 2 aromatic rings. The third kappa shape index (κ3) is 3.68. The molecule has 0 atom stereocenters. The highest BCUT2D eigenvalue weighted by molar-refractivity contribution is 7.89. The van der Waals surface area contributed by atoms with Crippen molar-refractivity contribution in [3.05, 3.63) is 53.8 Å². The molecule has 0 aliphatic rings. The fraction of sp³-hybridized carbons (Fsp3) is 0.250. The van der Waals surface area contributed by atoms with Crippen LogP contribution < -0.4 is 5.14 Å². The van der Waals surface area contributed by atoms with E-state index in [0.29, 0.717) is 23.1 Å². The molecule has 2 aromatic carbocycles. The van der Waals surface area contributed by atoms with Crippen molar-refractivity contribution >= 4 is 10.0 Å². The maximum absolute atomic E-state index is 13.4. The molecule has 2 N–H and O–H groups in total. The smallest absolute Gasteiger partial charge is 0.225 e. The number of benzene rings is 2. The van der Waals surface area contributed by atoms with Crippen LogP contribution in [0.5, 0.6) is 0 Å². The fourth-order valence-corrected chi connectivity index (χ4v) is 3.41. The summed E-state index contributed by atoms with van der Waals surface area (Å²) in [4.78, 5) is 0.0873. The van der Waals surface area contributed by atoms with Gasteiger partial charge in [-0.3, -0.25) is 0 Å².